The van der Waals surface area contributed by atoms with Gasteiger partial charge in [-0.2, -0.15) is 0 Å². The molecule has 1 atom stereocenters. The maximum Gasteiger partial charge on any atom is 0.328 e. The Bertz CT molecular complexity index is 1430. The molecule has 2 aliphatic rings. The molecule has 0 unspecified atom stereocenters. The molecule has 0 spiro atoms. The number of imide groups is 1. The second-order valence-electron chi connectivity index (χ2n) is 11.9. The van der Waals surface area contributed by atoms with Crippen LogP contribution in [-0.4, -0.2) is 51.7 Å². The lowest BCUT2D eigenvalue weighted by Gasteiger charge is -2.50. The fourth-order valence-corrected chi connectivity index (χ4v) is 5.77. The fraction of sp³-hybridized carbons (Fsp3) is 0.433. The summed E-state index contributed by atoms with van der Waals surface area (Å²) in [6.07, 6.45) is 1.98. The Morgan fingerprint density at radius 1 is 1.10 bits per heavy atom. The Morgan fingerprint density at radius 2 is 1.82 bits per heavy atom. The maximum atomic E-state index is 16.1. The van der Waals surface area contributed by atoms with E-state index >= 15 is 4.39 Å². The van der Waals surface area contributed by atoms with E-state index < -0.39 is 28.5 Å². The topological polar surface area (TPSA) is 106 Å². The molecule has 0 aliphatic carbocycles. The summed E-state index contributed by atoms with van der Waals surface area (Å²) in [6, 6.07) is 12.2. The van der Waals surface area contributed by atoms with Crippen LogP contribution in [0.3, 0.4) is 0 Å². The first-order valence-electron chi connectivity index (χ1n) is 13.3. The third-order valence-electron chi connectivity index (χ3n) is 8.19. The van der Waals surface area contributed by atoms with Crippen molar-refractivity contribution in [2.75, 3.05) is 24.5 Å². The van der Waals surface area contributed by atoms with Crippen LogP contribution in [0, 0.1) is 11.2 Å². The van der Waals surface area contributed by atoms with Gasteiger partial charge in [-0.1, -0.05) is 44.2 Å². The van der Waals surface area contributed by atoms with Crippen LogP contribution in [0.4, 0.5) is 14.9 Å². The molecule has 0 bridgehead atoms. The molecule has 3 heterocycles. The van der Waals surface area contributed by atoms with Gasteiger partial charge in [-0.15, -0.1) is 0 Å². The quantitative estimate of drug-likeness (QED) is 0.454. The van der Waals surface area contributed by atoms with E-state index in [1.807, 2.05) is 38.1 Å². The van der Waals surface area contributed by atoms with Crippen molar-refractivity contribution in [2.45, 2.75) is 58.3 Å². The lowest BCUT2D eigenvalue weighted by atomic mass is 9.66. The second kappa shape index (κ2) is 9.66. The predicted molar refractivity (Wildman–Crippen MR) is 146 cm³/mol. The van der Waals surface area contributed by atoms with Gasteiger partial charge in [0.15, 0.2) is 0 Å². The summed E-state index contributed by atoms with van der Waals surface area (Å²) in [7, 11) is 0. The predicted octanol–water partition coefficient (Wildman–Crippen LogP) is 4.17. The first-order valence-corrected chi connectivity index (χ1v) is 13.3. The van der Waals surface area contributed by atoms with E-state index in [2.05, 4.69) is 15.2 Å². The van der Waals surface area contributed by atoms with Crippen molar-refractivity contribution in [2.24, 2.45) is 5.41 Å². The number of fused-ring (bicyclic) bond motifs is 1. The molecule has 8 nitrogen and oxygen atoms in total. The van der Waals surface area contributed by atoms with Crippen molar-refractivity contribution < 1.29 is 24.2 Å². The van der Waals surface area contributed by atoms with Gasteiger partial charge in [-0.05, 0) is 43.5 Å². The number of nitrogens with one attached hydrogen (secondary N) is 1. The Hall–Kier alpha value is -3.40. The van der Waals surface area contributed by atoms with E-state index in [9.17, 15) is 19.8 Å². The summed E-state index contributed by atoms with van der Waals surface area (Å²) in [4.78, 5) is 31.8. The van der Waals surface area contributed by atoms with E-state index in [0.717, 1.165) is 11.1 Å². The highest BCUT2D eigenvalue weighted by atomic mass is 19.1. The summed E-state index contributed by atoms with van der Waals surface area (Å²) in [5.74, 6) is -0.901. The number of piperidine rings is 1. The van der Waals surface area contributed by atoms with Crippen LogP contribution in [-0.2, 0) is 22.5 Å². The highest BCUT2D eigenvalue weighted by Gasteiger charge is 2.50. The number of amides is 3. The number of aromatic nitrogens is 1. The number of hydrogen-bond donors (Lipinski definition) is 3. The van der Waals surface area contributed by atoms with Gasteiger partial charge in [0.05, 0.1) is 28.6 Å². The number of urea groups is 1. The molecule has 3 N–H and O–H groups in total. The van der Waals surface area contributed by atoms with Gasteiger partial charge in [-0.25, -0.2) is 9.18 Å². The van der Waals surface area contributed by atoms with Crippen LogP contribution >= 0.6 is 0 Å². The van der Waals surface area contributed by atoms with Crippen molar-refractivity contribution >= 4 is 28.5 Å². The minimum Gasteiger partial charge on any atom is -0.386 e. The lowest BCUT2D eigenvalue weighted by Crippen LogP contribution is -2.55. The zero-order valence-electron chi connectivity index (χ0n) is 22.8. The molecule has 0 saturated carbocycles. The van der Waals surface area contributed by atoms with Gasteiger partial charge in [0.1, 0.15) is 5.82 Å². The second-order valence-corrected chi connectivity index (χ2v) is 11.9. The van der Waals surface area contributed by atoms with Crippen LogP contribution in [0.15, 0.2) is 48.7 Å². The molecule has 3 aromatic rings. The number of anilines is 1. The molecule has 39 heavy (non-hydrogen) atoms. The van der Waals surface area contributed by atoms with Crippen LogP contribution < -0.4 is 10.2 Å². The van der Waals surface area contributed by atoms with Crippen molar-refractivity contribution in [1.29, 1.82) is 0 Å². The summed E-state index contributed by atoms with van der Waals surface area (Å²) in [5.41, 5.74) is -0.0284. The number of benzene rings is 2. The zero-order chi connectivity index (χ0) is 28.2. The molecular formula is C30H35FN4O4. The van der Waals surface area contributed by atoms with Gasteiger partial charge in [-0.3, -0.25) is 24.9 Å². The molecular weight excluding hydrogens is 499 g/mol. The highest BCUT2D eigenvalue weighted by molar-refractivity contribution is 6.06. The van der Waals surface area contributed by atoms with Gasteiger partial charge >= 0.3 is 6.03 Å². The molecule has 2 aromatic carbocycles. The maximum absolute atomic E-state index is 16.1. The molecule has 9 heteroatoms. The number of halogens is 1. The minimum absolute atomic E-state index is 0.153. The van der Waals surface area contributed by atoms with Gasteiger partial charge in [0, 0.05) is 49.0 Å². The van der Waals surface area contributed by atoms with Crippen molar-refractivity contribution in [3.8, 4) is 0 Å². The van der Waals surface area contributed by atoms with E-state index in [1.165, 1.54) is 11.1 Å². The molecule has 0 radical (unpaired) electrons. The molecule has 2 saturated heterocycles. The average molecular weight is 535 g/mol. The number of aliphatic hydroxyl groups is 2. The molecule has 3 amide bonds. The third kappa shape index (κ3) is 5.02. The molecule has 5 rings (SSSR count). The molecule has 2 fully saturated rings. The van der Waals surface area contributed by atoms with Gasteiger partial charge in [0.25, 0.3) is 0 Å². The van der Waals surface area contributed by atoms with E-state index in [-0.39, 0.29) is 29.8 Å². The van der Waals surface area contributed by atoms with Crippen molar-refractivity contribution in [3.05, 3.63) is 71.2 Å². The standard InChI is InChI=1S/C30H35FN4O4/c1-28(2)18-34(17-19-5-7-20(8-6-19)29(3,4)38)14-12-30(28,39)23-9-10-24-22(26(23)31)15-21(16-32-24)35-13-11-25(36)33-27(35)37/h5-10,15-16,38-39H,11-14,17-18H2,1-4H3,(H,33,36,37)/t30-/m0/s1. The number of hydrogen-bond acceptors (Lipinski definition) is 6. The Morgan fingerprint density at radius 3 is 2.46 bits per heavy atom. The minimum atomic E-state index is -1.42. The third-order valence-corrected chi connectivity index (χ3v) is 8.19. The monoisotopic (exact) mass is 534 g/mol. The highest BCUT2D eigenvalue weighted by Crippen LogP contribution is 2.48. The number of rotatable bonds is 5. The number of carbonyl (C=O) groups is 2. The van der Waals surface area contributed by atoms with Crippen LogP contribution in [0.5, 0.6) is 0 Å². The number of carbonyl (C=O) groups excluding carboxylic acids is 2. The summed E-state index contributed by atoms with van der Waals surface area (Å²) in [6.45, 7) is 9.40. The fourth-order valence-electron chi connectivity index (χ4n) is 5.77. The van der Waals surface area contributed by atoms with E-state index in [4.69, 9.17) is 0 Å². The van der Waals surface area contributed by atoms with E-state index in [0.29, 0.717) is 37.3 Å². The SMILES string of the molecule is CC(C)(O)c1ccc(CN2CC[C@](O)(c3ccc4ncc(N5CCC(=O)NC5=O)cc4c3F)C(C)(C)C2)cc1. The lowest BCUT2D eigenvalue weighted by molar-refractivity contribution is -0.128. The van der Waals surface area contributed by atoms with Crippen molar-refractivity contribution in [3.63, 3.8) is 0 Å². The van der Waals surface area contributed by atoms with Gasteiger partial charge in [0.2, 0.25) is 5.91 Å². The number of nitrogens with zero attached hydrogens (tertiary/aromatic N) is 3. The molecule has 2 aliphatic heterocycles. The summed E-state index contributed by atoms with van der Waals surface area (Å²) in [5, 5.41) is 24.7. The Labute approximate surface area is 227 Å². The van der Waals surface area contributed by atoms with E-state index in [1.54, 1.807) is 32.0 Å². The van der Waals surface area contributed by atoms with Crippen molar-refractivity contribution in [1.82, 2.24) is 15.2 Å². The number of likely N-dealkylation sites (tertiary alicyclic amines) is 1. The largest absolute Gasteiger partial charge is 0.386 e. The number of pyridine rings is 1. The summed E-state index contributed by atoms with van der Waals surface area (Å²) >= 11 is 0. The summed E-state index contributed by atoms with van der Waals surface area (Å²) < 4.78 is 16.1. The first-order chi connectivity index (χ1) is 18.3. The van der Waals surface area contributed by atoms with Gasteiger partial charge < -0.3 is 10.2 Å². The zero-order valence-corrected chi connectivity index (χ0v) is 22.8. The van der Waals surface area contributed by atoms with Crippen LogP contribution in [0.2, 0.25) is 0 Å². The Kier molecular flexibility index (Phi) is 6.73. The molecule has 206 valence electrons. The molecule has 1 aromatic heterocycles. The first kappa shape index (κ1) is 27.2. The normalized spacial score (nSPS) is 22.3. The van der Waals surface area contributed by atoms with Crippen LogP contribution in [0.25, 0.3) is 10.9 Å². The Balaban J connectivity index is 1.40. The van der Waals surface area contributed by atoms with Crippen LogP contribution in [0.1, 0.15) is 57.2 Å². The smallest absolute Gasteiger partial charge is 0.328 e. The average Bonchev–Trinajstić information content (AvgIpc) is 2.86.